The molecule has 0 aliphatic carbocycles. The quantitative estimate of drug-likeness (QED) is 0.817. The molecule has 22 heavy (non-hydrogen) atoms. The van der Waals surface area contributed by atoms with Crippen LogP contribution in [0.4, 0.5) is 10.8 Å². The van der Waals surface area contributed by atoms with Crippen molar-refractivity contribution in [3.05, 3.63) is 24.3 Å². The van der Waals surface area contributed by atoms with Gasteiger partial charge in [0, 0.05) is 19.8 Å². The molecule has 0 fully saturated rings. The lowest BCUT2D eigenvalue weighted by Gasteiger charge is -2.14. The molecule has 1 atom stereocenters. The topological polar surface area (TPSA) is 67.3 Å². The zero-order valence-corrected chi connectivity index (χ0v) is 14.5. The van der Waals surface area contributed by atoms with Crippen LogP contribution in [0.15, 0.2) is 28.6 Å². The maximum absolute atomic E-state index is 11.8. The molecule has 118 valence electrons. The van der Waals surface area contributed by atoms with Crippen LogP contribution >= 0.6 is 23.1 Å². The van der Waals surface area contributed by atoms with E-state index in [4.69, 9.17) is 4.74 Å². The van der Waals surface area contributed by atoms with Gasteiger partial charge in [0.25, 0.3) is 0 Å². The predicted octanol–water partition coefficient (Wildman–Crippen LogP) is 2.86. The number of carbonyl (C=O) groups is 1. The van der Waals surface area contributed by atoms with Gasteiger partial charge in [0.1, 0.15) is 5.75 Å². The number of ether oxygens (including phenoxy) is 1. The first-order valence-corrected chi connectivity index (χ1v) is 8.31. The summed E-state index contributed by atoms with van der Waals surface area (Å²) in [5.74, 6) is 0.861. The van der Waals surface area contributed by atoms with Crippen molar-refractivity contribution < 1.29 is 9.53 Å². The number of amides is 1. The summed E-state index contributed by atoms with van der Waals surface area (Å²) in [5, 5.41) is 11.9. The van der Waals surface area contributed by atoms with Gasteiger partial charge in [-0.05, 0) is 31.2 Å². The molecule has 0 radical (unpaired) electrons. The van der Waals surface area contributed by atoms with Gasteiger partial charge in [0.15, 0.2) is 4.34 Å². The zero-order chi connectivity index (χ0) is 16.1. The fourth-order valence-electron chi connectivity index (χ4n) is 1.67. The van der Waals surface area contributed by atoms with Gasteiger partial charge in [-0.15, -0.1) is 10.2 Å². The minimum absolute atomic E-state index is 0.0601. The fourth-order valence-corrected chi connectivity index (χ4v) is 3.73. The Kier molecular flexibility index (Phi) is 5.62. The predicted molar refractivity (Wildman–Crippen MR) is 90.2 cm³/mol. The number of methoxy groups -OCH3 is 1. The average molecular weight is 338 g/mol. The van der Waals surface area contributed by atoms with Gasteiger partial charge in [-0.25, -0.2) is 0 Å². The second-order valence-electron chi connectivity index (χ2n) is 4.72. The first kappa shape index (κ1) is 16.6. The number of rotatable bonds is 6. The van der Waals surface area contributed by atoms with Crippen LogP contribution in [0, 0.1) is 0 Å². The molecular formula is C14H18N4O2S2. The Labute approximate surface area is 137 Å². The largest absolute Gasteiger partial charge is 0.497 e. The van der Waals surface area contributed by atoms with Crippen LogP contribution in [-0.2, 0) is 4.79 Å². The number of hydrogen-bond acceptors (Lipinski definition) is 7. The molecule has 1 amide bonds. The summed E-state index contributed by atoms with van der Waals surface area (Å²) in [6.45, 7) is 1.87. The van der Waals surface area contributed by atoms with Crippen molar-refractivity contribution in [3.63, 3.8) is 0 Å². The molecule has 0 saturated heterocycles. The van der Waals surface area contributed by atoms with Crippen LogP contribution in [0.1, 0.15) is 6.92 Å². The van der Waals surface area contributed by atoms with E-state index in [0.717, 1.165) is 15.8 Å². The Balaban J connectivity index is 1.97. The van der Waals surface area contributed by atoms with Crippen molar-refractivity contribution in [3.8, 4) is 5.75 Å². The highest BCUT2D eigenvalue weighted by atomic mass is 32.2. The fraction of sp³-hybridized carbons (Fsp3) is 0.357. The van der Waals surface area contributed by atoms with E-state index in [0.29, 0.717) is 5.13 Å². The summed E-state index contributed by atoms with van der Waals surface area (Å²) in [7, 11) is 5.12. The molecule has 2 rings (SSSR count). The number of hydrogen-bond donors (Lipinski definition) is 1. The standard InChI is InChI=1S/C14H18N4O2S2/c1-9(12(19)18(2)3)21-14-17-16-13(22-14)15-10-5-7-11(20-4)8-6-10/h5-9H,1-4H3,(H,15,16)/t9-/m1/s1. The Bertz CT molecular complexity index is 628. The summed E-state index contributed by atoms with van der Waals surface area (Å²) in [5.41, 5.74) is 0.908. The Morgan fingerprint density at radius 2 is 2.00 bits per heavy atom. The van der Waals surface area contributed by atoms with E-state index < -0.39 is 0 Å². The number of thioether (sulfide) groups is 1. The summed E-state index contributed by atoms with van der Waals surface area (Å²) < 4.78 is 5.88. The lowest BCUT2D eigenvalue weighted by atomic mass is 10.3. The molecule has 1 aromatic heterocycles. The van der Waals surface area contributed by atoms with Crippen molar-refractivity contribution in [1.82, 2.24) is 15.1 Å². The van der Waals surface area contributed by atoms with Crippen molar-refractivity contribution in [2.75, 3.05) is 26.5 Å². The summed E-state index contributed by atoms with van der Waals surface area (Å²) in [4.78, 5) is 13.4. The minimum atomic E-state index is -0.184. The molecule has 6 nitrogen and oxygen atoms in total. The summed E-state index contributed by atoms with van der Waals surface area (Å²) in [6, 6.07) is 7.56. The molecule has 1 heterocycles. The highest BCUT2D eigenvalue weighted by Gasteiger charge is 2.18. The molecule has 0 aliphatic heterocycles. The first-order chi connectivity index (χ1) is 10.5. The molecule has 0 unspecified atom stereocenters. The normalized spacial score (nSPS) is 11.8. The second-order valence-corrected chi connectivity index (χ2v) is 7.28. The number of anilines is 2. The van der Waals surface area contributed by atoms with Gasteiger partial charge >= 0.3 is 0 Å². The van der Waals surface area contributed by atoms with Gasteiger partial charge in [-0.2, -0.15) is 0 Å². The molecule has 8 heteroatoms. The number of nitrogens with one attached hydrogen (secondary N) is 1. The number of benzene rings is 1. The summed E-state index contributed by atoms with van der Waals surface area (Å²) in [6.07, 6.45) is 0. The monoisotopic (exact) mass is 338 g/mol. The third-order valence-electron chi connectivity index (χ3n) is 2.81. The van der Waals surface area contributed by atoms with Crippen LogP contribution in [0.2, 0.25) is 0 Å². The van der Waals surface area contributed by atoms with Crippen LogP contribution < -0.4 is 10.1 Å². The summed E-state index contributed by atoms with van der Waals surface area (Å²) >= 11 is 2.83. The van der Waals surface area contributed by atoms with Gasteiger partial charge in [0.05, 0.1) is 12.4 Å². The van der Waals surface area contributed by atoms with Gasteiger partial charge in [-0.3, -0.25) is 4.79 Å². The number of aromatic nitrogens is 2. The Hall–Kier alpha value is -1.80. The molecule has 0 aliphatic rings. The van der Waals surface area contributed by atoms with Gasteiger partial charge in [-0.1, -0.05) is 23.1 Å². The van der Waals surface area contributed by atoms with Crippen LogP contribution in [-0.4, -0.2) is 47.5 Å². The Morgan fingerprint density at radius 1 is 1.32 bits per heavy atom. The van der Waals surface area contributed by atoms with Crippen molar-refractivity contribution in [2.45, 2.75) is 16.5 Å². The van der Waals surface area contributed by atoms with Crippen molar-refractivity contribution in [2.24, 2.45) is 0 Å². The van der Waals surface area contributed by atoms with Gasteiger partial charge < -0.3 is 15.0 Å². The molecule has 1 N–H and O–H groups in total. The maximum atomic E-state index is 11.8. The average Bonchev–Trinajstić information content (AvgIpc) is 2.94. The second kappa shape index (κ2) is 7.46. The van der Waals surface area contributed by atoms with Crippen LogP contribution in [0.3, 0.4) is 0 Å². The van der Waals surface area contributed by atoms with Crippen molar-refractivity contribution >= 4 is 39.8 Å². The van der Waals surface area contributed by atoms with E-state index in [1.807, 2.05) is 31.2 Å². The zero-order valence-electron chi connectivity index (χ0n) is 12.9. The third-order valence-corrected chi connectivity index (χ3v) is 4.82. The van der Waals surface area contributed by atoms with Gasteiger partial charge in [0.2, 0.25) is 11.0 Å². The lowest BCUT2D eigenvalue weighted by Crippen LogP contribution is -2.29. The van der Waals surface area contributed by atoms with Crippen LogP contribution in [0.25, 0.3) is 0 Å². The SMILES string of the molecule is COc1ccc(Nc2nnc(S[C@H](C)C(=O)N(C)C)s2)cc1. The molecule has 1 aromatic carbocycles. The van der Waals surface area contributed by atoms with E-state index >= 15 is 0 Å². The Morgan fingerprint density at radius 3 is 2.59 bits per heavy atom. The van der Waals surface area contributed by atoms with E-state index in [2.05, 4.69) is 15.5 Å². The van der Waals surface area contributed by atoms with Crippen molar-refractivity contribution in [1.29, 1.82) is 0 Å². The lowest BCUT2D eigenvalue weighted by molar-refractivity contribution is -0.127. The maximum Gasteiger partial charge on any atom is 0.235 e. The molecule has 0 saturated carbocycles. The highest BCUT2D eigenvalue weighted by molar-refractivity contribution is 8.02. The smallest absolute Gasteiger partial charge is 0.235 e. The molecular weight excluding hydrogens is 320 g/mol. The van der Waals surface area contributed by atoms with E-state index in [-0.39, 0.29) is 11.2 Å². The third kappa shape index (κ3) is 4.35. The minimum Gasteiger partial charge on any atom is -0.497 e. The molecule has 0 bridgehead atoms. The van der Waals surface area contributed by atoms with E-state index in [9.17, 15) is 4.79 Å². The first-order valence-electron chi connectivity index (χ1n) is 6.62. The van der Waals surface area contributed by atoms with Crippen LogP contribution in [0.5, 0.6) is 5.75 Å². The molecule has 2 aromatic rings. The number of nitrogens with zero attached hydrogens (tertiary/aromatic N) is 3. The number of carbonyl (C=O) groups excluding carboxylic acids is 1. The molecule has 0 spiro atoms. The highest BCUT2D eigenvalue weighted by Crippen LogP contribution is 2.31. The van der Waals surface area contributed by atoms with E-state index in [1.54, 1.807) is 26.1 Å². The van der Waals surface area contributed by atoms with E-state index in [1.165, 1.54) is 23.1 Å².